The van der Waals surface area contributed by atoms with Crippen molar-refractivity contribution in [3.63, 3.8) is 0 Å². The van der Waals surface area contributed by atoms with Crippen LogP contribution in [0, 0.1) is 5.92 Å². The van der Waals surface area contributed by atoms with E-state index >= 15 is 0 Å². The molecule has 6 nitrogen and oxygen atoms in total. The SMILES string of the molecule is NC1=C(N)C2C(N)=C(N)C(N)C2N1. The van der Waals surface area contributed by atoms with Crippen LogP contribution in [0.25, 0.3) is 0 Å². The van der Waals surface area contributed by atoms with Crippen molar-refractivity contribution >= 4 is 0 Å². The molecule has 0 aromatic carbocycles. The highest BCUT2D eigenvalue weighted by atomic mass is 15.1. The van der Waals surface area contributed by atoms with Gasteiger partial charge in [0.1, 0.15) is 5.82 Å². The van der Waals surface area contributed by atoms with Gasteiger partial charge in [0.05, 0.1) is 23.7 Å². The van der Waals surface area contributed by atoms with E-state index in [-0.39, 0.29) is 18.0 Å². The summed E-state index contributed by atoms with van der Waals surface area (Å²) >= 11 is 0. The molecule has 0 aromatic heterocycles. The Morgan fingerprint density at radius 3 is 2.08 bits per heavy atom. The Bertz CT molecular complexity index is 317. The Morgan fingerprint density at radius 1 is 0.923 bits per heavy atom. The molecular weight excluding hydrogens is 168 g/mol. The Kier molecular flexibility index (Phi) is 1.38. The van der Waals surface area contributed by atoms with Crippen LogP contribution >= 0.6 is 0 Å². The number of nitrogens with one attached hydrogen (secondary N) is 1. The molecule has 0 radical (unpaired) electrons. The van der Waals surface area contributed by atoms with Crippen LogP contribution in [0.5, 0.6) is 0 Å². The highest BCUT2D eigenvalue weighted by Crippen LogP contribution is 2.34. The van der Waals surface area contributed by atoms with Crippen LogP contribution in [0.4, 0.5) is 0 Å². The predicted octanol–water partition coefficient (Wildman–Crippen LogP) is -2.87. The largest absolute Gasteiger partial charge is 0.400 e. The van der Waals surface area contributed by atoms with Crippen LogP contribution in [-0.4, -0.2) is 12.1 Å². The lowest BCUT2D eigenvalue weighted by atomic mass is 10.0. The number of hydrogen-bond donors (Lipinski definition) is 6. The third-order valence-corrected chi connectivity index (χ3v) is 2.74. The summed E-state index contributed by atoms with van der Waals surface area (Å²) in [7, 11) is 0. The Labute approximate surface area is 75.8 Å². The first-order valence-corrected chi connectivity index (χ1v) is 4.06. The van der Waals surface area contributed by atoms with E-state index < -0.39 is 0 Å². The quantitative estimate of drug-likeness (QED) is 0.238. The van der Waals surface area contributed by atoms with Crippen LogP contribution in [0.3, 0.4) is 0 Å². The molecule has 0 amide bonds. The molecule has 0 spiro atoms. The molecule has 3 unspecified atom stereocenters. The molecule has 0 saturated carbocycles. The molecule has 0 aromatic rings. The molecule has 2 aliphatic rings. The summed E-state index contributed by atoms with van der Waals surface area (Å²) in [6.45, 7) is 0. The first-order valence-electron chi connectivity index (χ1n) is 4.06. The number of nitrogens with two attached hydrogens (primary N) is 5. The van der Waals surface area contributed by atoms with E-state index in [4.69, 9.17) is 28.7 Å². The standard InChI is InChI=1S/C7H14N6/c8-2-1-3(9)7(12)13-6(1)5(11)4(2)10/h1,5-6,13H,8-12H2. The van der Waals surface area contributed by atoms with Crippen LogP contribution in [0.2, 0.25) is 0 Å². The van der Waals surface area contributed by atoms with Gasteiger partial charge in [0.25, 0.3) is 0 Å². The van der Waals surface area contributed by atoms with Gasteiger partial charge in [-0.3, -0.25) is 0 Å². The maximum Gasteiger partial charge on any atom is 0.116 e. The highest BCUT2D eigenvalue weighted by molar-refractivity contribution is 5.40. The minimum Gasteiger partial charge on any atom is -0.400 e. The maximum absolute atomic E-state index is 5.82. The van der Waals surface area contributed by atoms with Gasteiger partial charge in [-0.1, -0.05) is 0 Å². The summed E-state index contributed by atoms with van der Waals surface area (Å²) in [4.78, 5) is 0. The van der Waals surface area contributed by atoms with Gasteiger partial charge in [0.2, 0.25) is 0 Å². The summed E-state index contributed by atoms with van der Waals surface area (Å²) in [5.41, 5.74) is 30.2. The van der Waals surface area contributed by atoms with E-state index in [1.165, 1.54) is 0 Å². The van der Waals surface area contributed by atoms with Crippen molar-refractivity contribution in [1.29, 1.82) is 0 Å². The molecule has 11 N–H and O–H groups in total. The lowest BCUT2D eigenvalue weighted by molar-refractivity contribution is 0.495. The van der Waals surface area contributed by atoms with E-state index in [1.807, 2.05) is 0 Å². The molecule has 72 valence electrons. The molecule has 0 fully saturated rings. The molecule has 0 saturated heterocycles. The van der Waals surface area contributed by atoms with Crippen molar-refractivity contribution in [3.05, 3.63) is 22.9 Å². The summed E-state index contributed by atoms with van der Waals surface area (Å²) in [6, 6.07) is -0.371. The normalized spacial score (nSPS) is 38.1. The first-order chi connectivity index (χ1) is 6.04. The van der Waals surface area contributed by atoms with Gasteiger partial charge in [-0.15, -0.1) is 0 Å². The third-order valence-electron chi connectivity index (χ3n) is 2.74. The zero-order valence-corrected chi connectivity index (χ0v) is 7.12. The molecule has 6 heteroatoms. The summed E-state index contributed by atoms with van der Waals surface area (Å²) in [5.74, 6) is 0.330. The molecule has 3 atom stereocenters. The summed E-state index contributed by atoms with van der Waals surface area (Å²) in [6.07, 6.45) is 0. The van der Waals surface area contributed by atoms with E-state index in [0.29, 0.717) is 22.9 Å². The first kappa shape index (κ1) is 8.06. The maximum atomic E-state index is 5.82. The van der Waals surface area contributed by atoms with Crippen LogP contribution in [0.15, 0.2) is 22.9 Å². The van der Waals surface area contributed by atoms with Gasteiger partial charge < -0.3 is 34.0 Å². The molecular formula is C7H14N6. The minimum atomic E-state index is -0.301. The fraction of sp³-hybridized carbons (Fsp3) is 0.429. The average molecular weight is 182 g/mol. The predicted molar refractivity (Wildman–Crippen MR) is 49.2 cm³/mol. The minimum absolute atomic E-state index is 0.0694. The van der Waals surface area contributed by atoms with Crippen molar-refractivity contribution in [2.45, 2.75) is 12.1 Å². The van der Waals surface area contributed by atoms with Crippen molar-refractivity contribution in [3.8, 4) is 0 Å². The van der Waals surface area contributed by atoms with Gasteiger partial charge in [0.15, 0.2) is 0 Å². The monoisotopic (exact) mass is 182 g/mol. The van der Waals surface area contributed by atoms with Gasteiger partial charge in [-0.25, -0.2) is 0 Å². The molecule has 1 aliphatic heterocycles. The van der Waals surface area contributed by atoms with Crippen LogP contribution in [0.1, 0.15) is 0 Å². The van der Waals surface area contributed by atoms with Gasteiger partial charge >= 0.3 is 0 Å². The zero-order chi connectivity index (χ0) is 9.75. The molecule has 1 aliphatic carbocycles. The lowest BCUT2D eigenvalue weighted by Crippen LogP contribution is -2.44. The van der Waals surface area contributed by atoms with Crippen molar-refractivity contribution in [2.75, 3.05) is 0 Å². The van der Waals surface area contributed by atoms with Gasteiger partial charge in [-0.05, 0) is 0 Å². The smallest absolute Gasteiger partial charge is 0.116 e. The third kappa shape index (κ3) is 0.803. The van der Waals surface area contributed by atoms with Crippen LogP contribution < -0.4 is 34.0 Å². The Morgan fingerprint density at radius 2 is 1.54 bits per heavy atom. The molecule has 2 rings (SSSR count). The zero-order valence-electron chi connectivity index (χ0n) is 7.12. The Balaban J connectivity index is 2.42. The second-order valence-electron chi connectivity index (χ2n) is 3.45. The summed E-state index contributed by atoms with van der Waals surface area (Å²) < 4.78 is 0. The van der Waals surface area contributed by atoms with Crippen molar-refractivity contribution in [2.24, 2.45) is 34.6 Å². The summed E-state index contributed by atoms with van der Waals surface area (Å²) in [5, 5.41) is 2.98. The Hall–Kier alpha value is -1.56. The van der Waals surface area contributed by atoms with E-state index in [9.17, 15) is 0 Å². The fourth-order valence-electron chi connectivity index (χ4n) is 1.93. The van der Waals surface area contributed by atoms with Gasteiger partial charge in [-0.2, -0.15) is 0 Å². The fourth-order valence-corrected chi connectivity index (χ4v) is 1.93. The molecule has 0 bridgehead atoms. The van der Waals surface area contributed by atoms with E-state index in [2.05, 4.69) is 5.32 Å². The van der Waals surface area contributed by atoms with Gasteiger partial charge in [0, 0.05) is 11.4 Å². The number of fused-ring (bicyclic) bond motifs is 1. The van der Waals surface area contributed by atoms with E-state index in [0.717, 1.165) is 0 Å². The number of hydrogen-bond acceptors (Lipinski definition) is 6. The molecule has 1 heterocycles. The second kappa shape index (κ2) is 2.23. The van der Waals surface area contributed by atoms with Crippen molar-refractivity contribution in [1.82, 2.24) is 5.32 Å². The molecule has 13 heavy (non-hydrogen) atoms. The van der Waals surface area contributed by atoms with Crippen LogP contribution in [-0.2, 0) is 0 Å². The highest BCUT2D eigenvalue weighted by Gasteiger charge is 2.45. The van der Waals surface area contributed by atoms with Crippen molar-refractivity contribution < 1.29 is 0 Å². The van der Waals surface area contributed by atoms with E-state index in [1.54, 1.807) is 0 Å². The average Bonchev–Trinajstić information content (AvgIpc) is 2.48. The second-order valence-corrected chi connectivity index (χ2v) is 3.45. The number of rotatable bonds is 0. The topological polar surface area (TPSA) is 142 Å². The lowest BCUT2D eigenvalue weighted by Gasteiger charge is -2.17.